The summed E-state index contributed by atoms with van der Waals surface area (Å²) in [7, 11) is 0. The van der Waals surface area contributed by atoms with Crippen molar-refractivity contribution in [2.45, 2.75) is 6.10 Å². The molecule has 92 valence electrons. The molecule has 5 heteroatoms. The zero-order chi connectivity index (χ0) is 12.7. The second-order valence-electron chi connectivity index (χ2n) is 3.84. The van der Waals surface area contributed by atoms with Crippen molar-refractivity contribution in [1.82, 2.24) is 0 Å². The molecule has 0 radical (unpaired) electrons. The Bertz CT molecular complexity index is 675. The molecule has 3 rings (SSSR count). The first kappa shape index (κ1) is 12.3. The first-order valence-electron chi connectivity index (χ1n) is 5.25. The lowest BCUT2D eigenvalue weighted by molar-refractivity contribution is 0.218. The first-order chi connectivity index (χ1) is 8.66. The van der Waals surface area contributed by atoms with E-state index in [4.69, 9.17) is 0 Å². The van der Waals surface area contributed by atoms with Crippen molar-refractivity contribution in [3.05, 3.63) is 56.4 Å². The number of benzene rings is 1. The Morgan fingerprint density at radius 1 is 1.22 bits per heavy atom. The normalized spacial score (nSPS) is 13.1. The largest absolute Gasteiger partial charge is 0.383 e. The van der Waals surface area contributed by atoms with E-state index in [9.17, 15) is 9.50 Å². The Morgan fingerprint density at radius 2 is 2.06 bits per heavy atom. The number of halogens is 2. The Kier molecular flexibility index (Phi) is 3.23. The maximum Gasteiger partial charge on any atom is 0.143 e. The van der Waals surface area contributed by atoms with Gasteiger partial charge in [0.05, 0.1) is 4.47 Å². The van der Waals surface area contributed by atoms with Gasteiger partial charge >= 0.3 is 0 Å². The molecule has 0 saturated heterocycles. The van der Waals surface area contributed by atoms with E-state index in [1.807, 2.05) is 17.5 Å². The van der Waals surface area contributed by atoms with E-state index in [2.05, 4.69) is 15.9 Å². The molecule has 0 aliphatic heterocycles. The van der Waals surface area contributed by atoms with Crippen LogP contribution in [0.5, 0.6) is 0 Å². The average molecular weight is 343 g/mol. The van der Waals surface area contributed by atoms with Gasteiger partial charge in [0, 0.05) is 19.8 Å². The molecular formula is C13H8BrFOS2. The molecule has 3 aromatic rings. The number of aliphatic hydroxyl groups is 1. The van der Waals surface area contributed by atoms with Crippen LogP contribution in [-0.4, -0.2) is 5.11 Å². The topological polar surface area (TPSA) is 20.2 Å². The molecule has 0 spiro atoms. The zero-order valence-corrected chi connectivity index (χ0v) is 12.3. The van der Waals surface area contributed by atoms with Gasteiger partial charge in [0.1, 0.15) is 11.9 Å². The lowest BCUT2D eigenvalue weighted by Crippen LogP contribution is -2.00. The summed E-state index contributed by atoms with van der Waals surface area (Å²) in [4.78, 5) is 0.772. The van der Waals surface area contributed by atoms with Crippen LogP contribution in [0.1, 0.15) is 16.5 Å². The van der Waals surface area contributed by atoms with Crippen LogP contribution in [0, 0.1) is 5.82 Å². The van der Waals surface area contributed by atoms with Gasteiger partial charge in [0.2, 0.25) is 0 Å². The van der Waals surface area contributed by atoms with Crippen molar-refractivity contribution in [2.75, 3.05) is 0 Å². The Balaban J connectivity index is 2.06. The predicted molar refractivity (Wildman–Crippen MR) is 77.9 cm³/mol. The van der Waals surface area contributed by atoms with Crippen LogP contribution in [0.15, 0.2) is 40.2 Å². The maximum absolute atomic E-state index is 13.9. The Labute approximate surface area is 120 Å². The van der Waals surface area contributed by atoms with Crippen molar-refractivity contribution in [3.63, 3.8) is 0 Å². The highest BCUT2D eigenvalue weighted by Crippen LogP contribution is 2.37. The lowest BCUT2D eigenvalue weighted by atomic mass is 10.1. The van der Waals surface area contributed by atoms with Crippen LogP contribution in [0.25, 0.3) is 9.40 Å². The fourth-order valence-electron chi connectivity index (χ4n) is 1.80. The van der Waals surface area contributed by atoms with Gasteiger partial charge < -0.3 is 5.11 Å². The third-order valence-electron chi connectivity index (χ3n) is 2.70. The van der Waals surface area contributed by atoms with Gasteiger partial charge in [0.25, 0.3) is 0 Å². The Hall–Kier alpha value is -0.750. The third kappa shape index (κ3) is 2.01. The summed E-state index contributed by atoms with van der Waals surface area (Å²) in [5.41, 5.74) is 0.304. The lowest BCUT2D eigenvalue weighted by Gasteiger charge is -2.10. The van der Waals surface area contributed by atoms with Crippen LogP contribution in [0.2, 0.25) is 0 Å². The van der Waals surface area contributed by atoms with Crippen LogP contribution >= 0.6 is 38.6 Å². The fourth-order valence-corrected chi connectivity index (χ4v) is 4.31. The van der Waals surface area contributed by atoms with Gasteiger partial charge in [0.15, 0.2) is 0 Å². The number of hydrogen-bond acceptors (Lipinski definition) is 3. The average Bonchev–Trinajstić information content (AvgIpc) is 2.92. The molecule has 2 aromatic heterocycles. The van der Waals surface area contributed by atoms with E-state index in [0.29, 0.717) is 10.0 Å². The third-order valence-corrected chi connectivity index (χ3v) is 5.46. The van der Waals surface area contributed by atoms with Gasteiger partial charge in [-0.25, -0.2) is 4.39 Å². The van der Waals surface area contributed by atoms with Crippen molar-refractivity contribution >= 4 is 48.0 Å². The standard InChI is InChI=1S/C13H8BrFOS2/c14-8-3-1-2-7(12(8)15)13(16)11-6-10-9(18-11)4-5-17-10/h1-6,13,16H. The molecule has 1 unspecified atom stereocenters. The van der Waals surface area contributed by atoms with E-state index in [1.54, 1.807) is 29.5 Å². The summed E-state index contributed by atoms with van der Waals surface area (Å²) in [5, 5.41) is 12.3. The van der Waals surface area contributed by atoms with Gasteiger partial charge in [-0.2, -0.15) is 0 Å². The summed E-state index contributed by atoms with van der Waals surface area (Å²) in [5.74, 6) is -0.401. The number of aliphatic hydroxyl groups excluding tert-OH is 1. The maximum atomic E-state index is 13.9. The van der Waals surface area contributed by atoms with Crippen molar-refractivity contribution in [3.8, 4) is 0 Å². The summed E-state index contributed by atoms with van der Waals surface area (Å²) in [6.45, 7) is 0. The minimum atomic E-state index is -0.910. The van der Waals surface area contributed by atoms with Crippen LogP contribution < -0.4 is 0 Å². The zero-order valence-electron chi connectivity index (χ0n) is 9.06. The smallest absolute Gasteiger partial charge is 0.143 e. The molecule has 0 bridgehead atoms. The molecule has 18 heavy (non-hydrogen) atoms. The van der Waals surface area contributed by atoms with Crippen LogP contribution in [0.4, 0.5) is 4.39 Å². The molecule has 1 aromatic carbocycles. The minimum absolute atomic E-state index is 0.304. The molecule has 0 fully saturated rings. The molecule has 0 amide bonds. The summed E-state index contributed by atoms with van der Waals surface area (Å²) >= 11 is 6.26. The molecule has 0 aliphatic rings. The van der Waals surface area contributed by atoms with E-state index >= 15 is 0 Å². The van der Waals surface area contributed by atoms with Crippen LogP contribution in [-0.2, 0) is 0 Å². The monoisotopic (exact) mass is 342 g/mol. The molecule has 0 saturated carbocycles. The van der Waals surface area contributed by atoms with E-state index in [0.717, 1.165) is 14.3 Å². The highest BCUT2D eigenvalue weighted by Gasteiger charge is 2.19. The fraction of sp³-hybridized carbons (Fsp3) is 0.0769. The predicted octanol–water partition coefficient (Wildman–Crippen LogP) is 4.95. The summed E-state index contributed by atoms with van der Waals surface area (Å²) in [6, 6.07) is 8.90. The van der Waals surface area contributed by atoms with Gasteiger partial charge in [-0.3, -0.25) is 0 Å². The molecular weight excluding hydrogens is 335 g/mol. The van der Waals surface area contributed by atoms with E-state index < -0.39 is 11.9 Å². The van der Waals surface area contributed by atoms with Gasteiger partial charge in [-0.15, -0.1) is 22.7 Å². The molecule has 1 nitrogen and oxygen atoms in total. The summed E-state index contributed by atoms with van der Waals surface area (Å²) < 4.78 is 16.6. The van der Waals surface area contributed by atoms with Crippen molar-refractivity contribution in [2.24, 2.45) is 0 Å². The quantitative estimate of drug-likeness (QED) is 0.698. The Morgan fingerprint density at radius 3 is 2.83 bits per heavy atom. The highest BCUT2D eigenvalue weighted by atomic mass is 79.9. The second kappa shape index (κ2) is 4.74. The van der Waals surface area contributed by atoms with Gasteiger partial charge in [-0.05, 0) is 39.5 Å². The van der Waals surface area contributed by atoms with Crippen molar-refractivity contribution in [1.29, 1.82) is 0 Å². The number of thiophene rings is 2. The second-order valence-corrected chi connectivity index (χ2v) is 6.76. The molecule has 0 aliphatic carbocycles. The molecule has 1 atom stereocenters. The number of hydrogen-bond donors (Lipinski definition) is 1. The first-order valence-corrected chi connectivity index (χ1v) is 7.74. The SMILES string of the molecule is OC(c1cc2sccc2s1)c1cccc(Br)c1F. The van der Waals surface area contributed by atoms with E-state index in [1.165, 1.54) is 11.3 Å². The minimum Gasteiger partial charge on any atom is -0.383 e. The highest BCUT2D eigenvalue weighted by molar-refractivity contribution is 9.10. The number of rotatable bonds is 2. The summed E-state index contributed by atoms with van der Waals surface area (Å²) in [6.07, 6.45) is -0.910. The number of fused-ring (bicyclic) bond motifs is 1. The van der Waals surface area contributed by atoms with Gasteiger partial charge in [-0.1, -0.05) is 12.1 Å². The van der Waals surface area contributed by atoms with Crippen LogP contribution in [0.3, 0.4) is 0 Å². The van der Waals surface area contributed by atoms with Crippen molar-refractivity contribution < 1.29 is 9.50 Å². The molecule has 2 heterocycles. The molecule has 1 N–H and O–H groups in total. The van der Waals surface area contributed by atoms with E-state index in [-0.39, 0.29) is 0 Å².